The standard InChI is InChI=1S/C21H34N6O2/c1-3-25(4-2)20(29)17-8-5-14-27(16-17)21-23-12-10-18(24-21)22-11-7-15-26-13-6-9-19(26)28/h10,12,17H,3-9,11,13-16H2,1-2H3,(H,22,23,24). The zero-order chi connectivity index (χ0) is 20.6. The van der Waals surface area contributed by atoms with Crippen molar-refractivity contribution in [1.29, 1.82) is 0 Å². The molecule has 2 fully saturated rings. The second-order valence-electron chi connectivity index (χ2n) is 7.80. The number of likely N-dealkylation sites (tertiary alicyclic amines) is 1. The molecule has 3 heterocycles. The van der Waals surface area contributed by atoms with E-state index in [1.54, 1.807) is 6.20 Å². The van der Waals surface area contributed by atoms with Crippen LogP contribution in [-0.4, -0.2) is 77.4 Å². The first-order chi connectivity index (χ1) is 14.1. The van der Waals surface area contributed by atoms with Crippen molar-refractivity contribution >= 4 is 23.6 Å². The minimum Gasteiger partial charge on any atom is -0.370 e. The number of nitrogens with zero attached hydrogens (tertiary/aromatic N) is 5. The Bertz CT molecular complexity index is 694. The van der Waals surface area contributed by atoms with Crippen LogP contribution < -0.4 is 10.2 Å². The molecule has 1 aromatic rings. The summed E-state index contributed by atoms with van der Waals surface area (Å²) in [4.78, 5) is 39.5. The summed E-state index contributed by atoms with van der Waals surface area (Å²) >= 11 is 0. The van der Waals surface area contributed by atoms with Gasteiger partial charge in [-0.1, -0.05) is 0 Å². The molecule has 0 bridgehead atoms. The second-order valence-corrected chi connectivity index (χ2v) is 7.80. The lowest BCUT2D eigenvalue weighted by molar-refractivity contribution is -0.135. The van der Waals surface area contributed by atoms with Gasteiger partial charge in [0.25, 0.3) is 0 Å². The normalized spacial score (nSPS) is 19.5. The molecule has 1 unspecified atom stereocenters. The molecule has 8 nitrogen and oxygen atoms in total. The molecule has 29 heavy (non-hydrogen) atoms. The van der Waals surface area contributed by atoms with Gasteiger partial charge in [0.2, 0.25) is 17.8 Å². The maximum Gasteiger partial charge on any atom is 0.227 e. The second kappa shape index (κ2) is 10.4. The van der Waals surface area contributed by atoms with Crippen LogP contribution in [0, 0.1) is 5.92 Å². The molecule has 1 atom stereocenters. The number of aromatic nitrogens is 2. The average Bonchev–Trinajstić information content (AvgIpc) is 3.17. The third kappa shape index (κ3) is 5.58. The molecule has 3 rings (SSSR count). The molecule has 1 aromatic heterocycles. The fourth-order valence-electron chi connectivity index (χ4n) is 4.18. The van der Waals surface area contributed by atoms with E-state index in [0.29, 0.717) is 18.9 Å². The highest BCUT2D eigenvalue weighted by Crippen LogP contribution is 2.23. The highest BCUT2D eigenvalue weighted by Gasteiger charge is 2.29. The zero-order valence-electron chi connectivity index (χ0n) is 17.8. The van der Waals surface area contributed by atoms with Gasteiger partial charge in [-0.15, -0.1) is 0 Å². The van der Waals surface area contributed by atoms with Gasteiger partial charge in [0, 0.05) is 58.4 Å². The SMILES string of the molecule is CCN(CC)C(=O)C1CCCN(c2nccc(NCCCN3CCCC3=O)n2)C1. The van der Waals surface area contributed by atoms with Crippen LogP contribution in [0.5, 0.6) is 0 Å². The van der Waals surface area contributed by atoms with E-state index in [1.165, 1.54) is 0 Å². The summed E-state index contributed by atoms with van der Waals surface area (Å²) < 4.78 is 0. The van der Waals surface area contributed by atoms with E-state index in [-0.39, 0.29) is 17.7 Å². The number of rotatable bonds is 9. The van der Waals surface area contributed by atoms with Crippen molar-refractivity contribution in [2.45, 2.75) is 46.0 Å². The van der Waals surface area contributed by atoms with Gasteiger partial charge in [0.1, 0.15) is 5.82 Å². The van der Waals surface area contributed by atoms with Gasteiger partial charge in [-0.05, 0) is 45.6 Å². The van der Waals surface area contributed by atoms with Crippen LogP contribution in [0.2, 0.25) is 0 Å². The van der Waals surface area contributed by atoms with Crippen LogP contribution in [-0.2, 0) is 9.59 Å². The molecule has 2 saturated heterocycles. The number of amides is 2. The van der Waals surface area contributed by atoms with Crippen LogP contribution in [0.3, 0.4) is 0 Å². The average molecular weight is 403 g/mol. The third-order valence-corrected chi connectivity index (χ3v) is 5.85. The zero-order valence-corrected chi connectivity index (χ0v) is 17.8. The summed E-state index contributed by atoms with van der Waals surface area (Å²) in [6.07, 6.45) is 6.24. The third-order valence-electron chi connectivity index (χ3n) is 5.85. The van der Waals surface area contributed by atoms with Crippen LogP contribution >= 0.6 is 0 Å². The Hall–Kier alpha value is -2.38. The summed E-state index contributed by atoms with van der Waals surface area (Å²) in [7, 11) is 0. The summed E-state index contributed by atoms with van der Waals surface area (Å²) in [5, 5.41) is 3.34. The summed E-state index contributed by atoms with van der Waals surface area (Å²) in [5.41, 5.74) is 0. The fraction of sp³-hybridized carbons (Fsp3) is 0.714. The van der Waals surface area contributed by atoms with Gasteiger partial charge >= 0.3 is 0 Å². The summed E-state index contributed by atoms with van der Waals surface area (Å²) in [5.74, 6) is 2.00. The lowest BCUT2D eigenvalue weighted by Gasteiger charge is -2.34. The molecule has 2 aliphatic heterocycles. The predicted molar refractivity (Wildman–Crippen MR) is 114 cm³/mol. The Morgan fingerprint density at radius 1 is 1.28 bits per heavy atom. The first kappa shape index (κ1) is 21.3. The van der Waals surface area contributed by atoms with Crippen molar-refractivity contribution in [3.05, 3.63) is 12.3 Å². The minimum atomic E-state index is 0.0156. The molecular formula is C21H34N6O2. The molecule has 0 aliphatic carbocycles. The maximum absolute atomic E-state index is 12.7. The molecule has 8 heteroatoms. The first-order valence-corrected chi connectivity index (χ1v) is 11.0. The van der Waals surface area contributed by atoms with Crippen molar-refractivity contribution in [3.8, 4) is 0 Å². The highest BCUT2D eigenvalue weighted by atomic mass is 16.2. The predicted octanol–water partition coefficient (Wildman–Crippen LogP) is 1.99. The fourth-order valence-corrected chi connectivity index (χ4v) is 4.18. The molecule has 2 aliphatic rings. The molecular weight excluding hydrogens is 368 g/mol. The molecule has 0 spiro atoms. The number of carbonyl (C=O) groups excluding carboxylic acids is 2. The van der Waals surface area contributed by atoms with Crippen LogP contribution in [0.4, 0.5) is 11.8 Å². The minimum absolute atomic E-state index is 0.0156. The van der Waals surface area contributed by atoms with Crippen molar-refractivity contribution in [2.75, 3.05) is 56.0 Å². The number of hydrogen-bond acceptors (Lipinski definition) is 6. The molecule has 2 amide bonds. The van der Waals surface area contributed by atoms with Crippen molar-refractivity contribution in [3.63, 3.8) is 0 Å². The van der Waals surface area contributed by atoms with E-state index >= 15 is 0 Å². The van der Waals surface area contributed by atoms with Crippen LogP contribution in [0.1, 0.15) is 46.0 Å². The van der Waals surface area contributed by atoms with Crippen molar-refractivity contribution in [2.24, 2.45) is 5.92 Å². The monoisotopic (exact) mass is 402 g/mol. The lowest BCUT2D eigenvalue weighted by Crippen LogP contribution is -2.45. The number of carbonyl (C=O) groups is 2. The van der Waals surface area contributed by atoms with Crippen molar-refractivity contribution in [1.82, 2.24) is 19.8 Å². The largest absolute Gasteiger partial charge is 0.370 e. The van der Waals surface area contributed by atoms with Gasteiger partial charge < -0.3 is 20.0 Å². The van der Waals surface area contributed by atoms with Crippen LogP contribution in [0.25, 0.3) is 0 Å². The first-order valence-electron chi connectivity index (χ1n) is 11.0. The molecule has 0 aromatic carbocycles. The van der Waals surface area contributed by atoms with E-state index in [1.807, 2.05) is 29.7 Å². The molecule has 1 N–H and O–H groups in total. The number of anilines is 2. The van der Waals surface area contributed by atoms with E-state index in [0.717, 1.165) is 70.8 Å². The smallest absolute Gasteiger partial charge is 0.227 e. The maximum atomic E-state index is 12.7. The number of nitrogens with one attached hydrogen (secondary N) is 1. The summed E-state index contributed by atoms with van der Waals surface area (Å²) in [6, 6.07) is 1.87. The van der Waals surface area contributed by atoms with Gasteiger partial charge in [-0.3, -0.25) is 9.59 Å². The van der Waals surface area contributed by atoms with Crippen LogP contribution in [0.15, 0.2) is 12.3 Å². The van der Waals surface area contributed by atoms with E-state index in [2.05, 4.69) is 20.2 Å². The van der Waals surface area contributed by atoms with Crippen molar-refractivity contribution < 1.29 is 9.59 Å². The van der Waals surface area contributed by atoms with E-state index in [4.69, 9.17) is 0 Å². The Balaban J connectivity index is 1.51. The topological polar surface area (TPSA) is 81.7 Å². The summed E-state index contributed by atoms with van der Waals surface area (Å²) in [6.45, 7) is 9.57. The molecule has 160 valence electrons. The Kier molecular flexibility index (Phi) is 7.66. The Labute approximate surface area is 173 Å². The van der Waals surface area contributed by atoms with E-state index < -0.39 is 0 Å². The quantitative estimate of drug-likeness (QED) is 0.636. The van der Waals surface area contributed by atoms with Gasteiger partial charge in [-0.2, -0.15) is 4.98 Å². The van der Waals surface area contributed by atoms with E-state index in [9.17, 15) is 9.59 Å². The van der Waals surface area contributed by atoms with Gasteiger partial charge in [0.15, 0.2) is 0 Å². The molecule has 0 saturated carbocycles. The molecule has 0 radical (unpaired) electrons. The Morgan fingerprint density at radius 2 is 2.10 bits per heavy atom. The lowest BCUT2D eigenvalue weighted by atomic mass is 9.96. The highest BCUT2D eigenvalue weighted by molar-refractivity contribution is 5.79. The number of hydrogen-bond donors (Lipinski definition) is 1. The number of piperidine rings is 1. The van der Waals surface area contributed by atoms with Gasteiger partial charge in [0.05, 0.1) is 5.92 Å². The van der Waals surface area contributed by atoms with Gasteiger partial charge in [-0.25, -0.2) is 4.98 Å². The Morgan fingerprint density at radius 3 is 2.83 bits per heavy atom.